The first-order valence-electron chi connectivity index (χ1n) is 12.2. The third-order valence-corrected chi connectivity index (χ3v) is 6.30. The quantitative estimate of drug-likeness (QED) is 0.235. The van der Waals surface area contributed by atoms with Crippen LogP contribution in [-0.4, -0.2) is 79.2 Å². The van der Waals surface area contributed by atoms with Crippen LogP contribution >= 0.6 is 0 Å². The fourth-order valence-electron chi connectivity index (χ4n) is 4.46. The number of carbonyl (C=O) groups excluding carboxylic acids is 2. The average Bonchev–Trinajstić information content (AvgIpc) is 3.16. The summed E-state index contributed by atoms with van der Waals surface area (Å²) >= 11 is 0. The molecular weight excluding hydrogens is 460 g/mol. The summed E-state index contributed by atoms with van der Waals surface area (Å²) in [6.07, 6.45) is 1.66. The Bertz CT molecular complexity index is 1100. The van der Waals surface area contributed by atoms with E-state index < -0.39 is 17.7 Å². The topological polar surface area (TPSA) is 88.5 Å². The molecule has 8 nitrogen and oxygen atoms in total. The summed E-state index contributed by atoms with van der Waals surface area (Å²) in [4.78, 5) is 30.2. The van der Waals surface area contributed by atoms with Crippen LogP contribution in [0.5, 0.6) is 11.5 Å². The number of benzene rings is 2. The van der Waals surface area contributed by atoms with Gasteiger partial charge in [0.1, 0.15) is 23.9 Å². The van der Waals surface area contributed by atoms with Crippen LogP contribution in [0.25, 0.3) is 5.76 Å². The zero-order chi connectivity index (χ0) is 25.5. The molecule has 0 saturated carbocycles. The number of likely N-dealkylation sites (tertiary alicyclic amines) is 1. The SMILES string of the molecule is C=CCOc1ccc(C2/C(=C(\O)c3ccc(OCC)cc3)C(=O)C(=O)N2CCN2CCOCC2)cc1. The van der Waals surface area contributed by atoms with Crippen LogP contribution in [0.3, 0.4) is 0 Å². The Kier molecular flexibility index (Phi) is 8.40. The Balaban J connectivity index is 1.69. The van der Waals surface area contributed by atoms with Crippen LogP contribution in [0, 0.1) is 0 Å². The molecule has 1 unspecified atom stereocenters. The second-order valence-electron chi connectivity index (χ2n) is 8.57. The Labute approximate surface area is 211 Å². The number of aliphatic hydroxyl groups excluding tert-OH is 1. The van der Waals surface area contributed by atoms with E-state index in [9.17, 15) is 14.7 Å². The fraction of sp³-hybridized carbons (Fsp3) is 0.357. The van der Waals surface area contributed by atoms with Crippen molar-refractivity contribution in [3.63, 3.8) is 0 Å². The summed E-state index contributed by atoms with van der Waals surface area (Å²) in [7, 11) is 0. The molecule has 2 aromatic carbocycles. The van der Waals surface area contributed by atoms with Gasteiger partial charge in [-0.1, -0.05) is 24.8 Å². The van der Waals surface area contributed by atoms with Gasteiger partial charge < -0.3 is 24.2 Å². The molecule has 0 aromatic heterocycles. The van der Waals surface area contributed by atoms with Crippen molar-refractivity contribution in [1.82, 2.24) is 9.80 Å². The maximum Gasteiger partial charge on any atom is 0.295 e. The molecule has 190 valence electrons. The van der Waals surface area contributed by atoms with Crippen LogP contribution in [0.2, 0.25) is 0 Å². The minimum atomic E-state index is -0.717. The van der Waals surface area contributed by atoms with E-state index in [1.165, 1.54) is 0 Å². The highest BCUT2D eigenvalue weighted by Crippen LogP contribution is 2.40. The minimum absolute atomic E-state index is 0.0749. The highest BCUT2D eigenvalue weighted by Gasteiger charge is 2.46. The molecular formula is C28H32N2O6. The van der Waals surface area contributed by atoms with Crippen molar-refractivity contribution >= 4 is 17.4 Å². The van der Waals surface area contributed by atoms with E-state index in [1.54, 1.807) is 47.4 Å². The van der Waals surface area contributed by atoms with Crippen LogP contribution in [-0.2, 0) is 14.3 Å². The van der Waals surface area contributed by atoms with Crippen LogP contribution < -0.4 is 9.47 Å². The van der Waals surface area contributed by atoms with Crippen molar-refractivity contribution in [2.75, 3.05) is 52.6 Å². The molecule has 2 aliphatic heterocycles. The van der Waals surface area contributed by atoms with Crippen molar-refractivity contribution in [3.05, 3.63) is 77.9 Å². The molecule has 4 rings (SSSR count). The molecule has 0 spiro atoms. The summed E-state index contributed by atoms with van der Waals surface area (Å²) < 4.78 is 16.5. The number of aliphatic hydroxyl groups is 1. The Morgan fingerprint density at radius 2 is 1.67 bits per heavy atom. The van der Waals surface area contributed by atoms with E-state index in [4.69, 9.17) is 14.2 Å². The number of carbonyl (C=O) groups is 2. The highest BCUT2D eigenvalue weighted by atomic mass is 16.5. The monoisotopic (exact) mass is 492 g/mol. The molecule has 0 bridgehead atoms. The van der Waals surface area contributed by atoms with E-state index in [0.717, 1.165) is 18.7 Å². The normalized spacial score (nSPS) is 19.9. The first kappa shape index (κ1) is 25.5. The Morgan fingerprint density at radius 3 is 2.31 bits per heavy atom. The van der Waals surface area contributed by atoms with Gasteiger partial charge in [0.2, 0.25) is 0 Å². The molecule has 2 aromatic rings. The van der Waals surface area contributed by atoms with E-state index in [2.05, 4.69) is 11.5 Å². The van der Waals surface area contributed by atoms with Gasteiger partial charge in [-0.25, -0.2) is 0 Å². The highest BCUT2D eigenvalue weighted by molar-refractivity contribution is 6.46. The molecule has 0 aliphatic carbocycles. The fourth-order valence-corrected chi connectivity index (χ4v) is 4.46. The molecule has 1 atom stereocenters. The number of hydrogen-bond acceptors (Lipinski definition) is 7. The summed E-state index contributed by atoms with van der Waals surface area (Å²) in [5.41, 5.74) is 1.24. The third-order valence-electron chi connectivity index (χ3n) is 6.30. The van der Waals surface area contributed by atoms with Gasteiger partial charge in [0.25, 0.3) is 11.7 Å². The lowest BCUT2D eigenvalue weighted by Gasteiger charge is -2.31. The lowest BCUT2D eigenvalue weighted by Crippen LogP contribution is -2.42. The van der Waals surface area contributed by atoms with Crippen LogP contribution in [0.4, 0.5) is 0 Å². The van der Waals surface area contributed by atoms with Gasteiger partial charge in [0, 0.05) is 31.7 Å². The third kappa shape index (κ3) is 5.61. The van der Waals surface area contributed by atoms with Gasteiger partial charge in [-0.2, -0.15) is 0 Å². The number of ether oxygens (including phenoxy) is 3. The molecule has 0 radical (unpaired) electrons. The Morgan fingerprint density at radius 1 is 1.03 bits per heavy atom. The maximum absolute atomic E-state index is 13.2. The van der Waals surface area contributed by atoms with Crippen molar-refractivity contribution in [2.24, 2.45) is 0 Å². The predicted molar refractivity (Wildman–Crippen MR) is 136 cm³/mol. The predicted octanol–water partition coefficient (Wildman–Crippen LogP) is 3.40. The second-order valence-corrected chi connectivity index (χ2v) is 8.57. The molecule has 1 N–H and O–H groups in total. The van der Waals surface area contributed by atoms with Crippen LogP contribution in [0.1, 0.15) is 24.1 Å². The molecule has 2 fully saturated rings. The van der Waals surface area contributed by atoms with E-state index >= 15 is 0 Å². The lowest BCUT2D eigenvalue weighted by molar-refractivity contribution is -0.140. The maximum atomic E-state index is 13.2. The summed E-state index contributed by atoms with van der Waals surface area (Å²) in [6.45, 7) is 10.2. The average molecular weight is 493 g/mol. The van der Waals surface area contributed by atoms with E-state index in [0.29, 0.717) is 56.6 Å². The number of rotatable bonds is 10. The van der Waals surface area contributed by atoms with E-state index in [1.807, 2.05) is 19.1 Å². The Hall–Kier alpha value is -3.62. The number of ketones is 1. The van der Waals surface area contributed by atoms with Gasteiger partial charge in [-0.05, 0) is 48.9 Å². The summed E-state index contributed by atoms with van der Waals surface area (Å²) in [5.74, 6) is -0.211. The van der Waals surface area contributed by atoms with Gasteiger partial charge in [-0.3, -0.25) is 14.5 Å². The van der Waals surface area contributed by atoms with Crippen molar-refractivity contribution in [2.45, 2.75) is 13.0 Å². The summed E-state index contributed by atoms with van der Waals surface area (Å²) in [6, 6.07) is 13.3. The first-order chi connectivity index (χ1) is 17.5. The number of morpholine rings is 1. The summed E-state index contributed by atoms with van der Waals surface area (Å²) in [5, 5.41) is 11.2. The van der Waals surface area contributed by atoms with Gasteiger partial charge >= 0.3 is 0 Å². The van der Waals surface area contributed by atoms with Crippen LogP contribution in [0.15, 0.2) is 66.8 Å². The lowest BCUT2D eigenvalue weighted by atomic mass is 9.95. The number of nitrogens with zero attached hydrogens (tertiary/aromatic N) is 2. The van der Waals surface area contributed by atoms with Gasteiger partial charge in [-0.15, -0.1) is 0 Å². The van der Waals surface area contributed by atoms with E-state index in [-0.39, 0.29) is 11.3 Å². The standard InChI is InChI=1S/C28H32N2O6/c1-3-17-36-23-9-5-20(6-10-23)25-24(26(31)21-7-11-22(12-8-21)35-4-2)27(32)28(33)30(25)14-13-29-15-18-34-19-16-29/h3,5-12,25,31H,1,4,13-19H2,2H3/b26-24+. The zero-order valence-corrected chi connectivity index (χ0v) is 20.5. The van der Waals surface area contributed by atoms with Crippen molar-refractivity contribution in [1.29, 1.82) is 0 Å². The van der Waals surface area contributed by atoms with Gasteiger partial charge in [0.15, 0.2) is 0 Å². The molecule has 2 aliphatic rings. The van der Waals surface area contributed by atoms with Crippen molar-refractivity contribution in [3.8, 4) is 11.5 Å². The number of amides is 1. The number of hydrogen-bond donors (Lipinski definition) is 1. The largest absolute Gasteiger partial charge is 0.507 e. The molecule has 2 heterocycles. The smallest absolute Gasteiger partial charge is 0.295 e. The number of Topliss-reactive ketones (excluding diaryl/α,β-unsaturated/α-hetero) is 1. The molecule has 8 heteroatoms. The second kappa shape index (κ2) is 11.9. The minimum Gasteiger partial charge on any atom is -0.507 e. The van der Waals surface area contributed by atoms with Gasteiger partial charge in [0.05, 0.1) is 31.4 Å². The molecule has 2 saturated heterocycles. The zero-order valence-electron chi connectivity index (χ0n) is 20.5. The molecule has 36 heavy (non-hydrogen) atoms. The first-order valence-corrected chi connectivity index (χ1v) is 12.2. The van der Waals surface area contributed by atoms with Crippen molar-refractivity contribution < 1.29 is 28.9 Å². The molecule has 1 amide bonds.